The fraction of sp³-hybridized carbons (Fsp3) is 0.238. The van der Waals surface area contributed by atoms with E-state index in [0.29, 0.717) is 29.4 Å². The molecule has 0 aliphatic rings. The van der Waals surface area contributed by atoms with E-state index in [2.05, 4.69) is 5.32 Å². The van der Waals surface area contributed by atoms with Crippen LogP contribution in [0, 0.1) is 0 Å². The zero-order valence-electron chi connectivity index (χ0n) is 16.0. The van der Waals surface area contributed by atoms with Crippen molar-refractivity contribution >= 4 is 23.6 Å². The first kappa shape index (κ1) is 20.0. The zero-order valence-corrected chi connectivity index (χ0v) is 16.0. The first-order chi connectivity index (χ1) is 12.9. The summed E-state index contributed by atoms with van der Waals surface area (Å²) in [5, 5.41) is 2.75. The van der Waals surface area contributed by atoms with E-state index in [1.165, 1.54) is 11.0 Å². The zero-order chi connectivity index (χ0) is 19.8. The Kier molecular flexibility index (Phi) is 7.00. The second-order valence-electron chi connectivity index (χ2n) is 5.95. The number of carbonyl (C=O) groups is 2. The Hall–Kier alpha value is -3.28. The van der Waals surface area contributed by atoms with Crippen molar-refractivity contribution in [2.45, 2.75) is 6.92 Å². The summed E-state index contributed by atoms with van der Waals surface area (Å²) in [6.45, 7) is 2.45. The van der Waals surface area contributed by atoms with Crippen LogP contribution in [-0.2, 0) is 4.79 Å². The summed E-state index contributed by atoms with van der Waals surface area (Å²) in [4.78, 5) is 25.7. The molecule has 2 aromatic carbocycles. The molecule has 2 amide bonds. The van der Waals surface area contributed by atoms with Gasteiger partial charge in [-0.1, -0.05) is 12.1 Å². The molecule has 0 atom stereocenters. The Morgan fingerprint density at radius 3 is 2.56 bits per heavy atom. The third kappa shape index (κ3) is 5.60. The number of benzene rings is 2. The van der Waals surface area contributed by atoms with Gasteiger partial charge in [0, 0.05) is 31.4 Å². The molecule has 1 N–H and O–H groups in total. The average molecular weight is 368 g/mol. The highest BCUT2D eigenvalue weighted by atomic mass is 16.5. The molecule has 0 fully saturated rings. The van der Waals surface area contributed by atoms with Crippen LogP contribution in [0.3, 0.4) is 0 Å². The molecule has 0 saturated heterocycles. The highest BCUT2D eigenvalue weighted by Gasteiger charge is 2.09. The standard InChI is InChI=1S/C21H24N2O4/c1-5-27-18-11-9-15(13-19(18)26-4)10-12-20(24)22-17-8-6-7-16(14-17)21(25)23(2)3/h6-14H,5H2,1-4H3,(H,22,24)/b12-10+. The van der Waals surface area contributed by atoms with Gasteiger partial charge in [0.05, 0.1) is 13.7 Å². The third-order valence-corrected chi connectivity index (χ3v) is 3.70. The topological polar surface area (TPSA) is 67.9 Å². The largest absolute Gasteiger partial charge is 0.493 e. The molecule has 0 saturated carbocycles. The highest BCUT2D eigenvalue weighted by molar-refractivity contribution is 6.03. The first-order valence-corrected chi connectivity index (χ1v) is 8.56. The number of nitrogens with zero attached hydrogens (tertiary/aromatic N) is 1. The Labute approximate surface area is 159 Å². The van der Waals surface area contributed by atoms with Crippen LogP contribution in [0.25, 0.3) is 6.08 Å². The monoisotopic (exact) mass is 368 g/mol. The quantitative estimate of drug-likeness (QED) is 0.760. The van der Waals surface area contributed by atoms with E-state index in [1.54, 1.807) is 63.7 Å². The van der Waals surface area contributed by atoms with Gasteiger partial charge in [-0.3, -0.25) is 9.59 Å². The predicted octanol–water partition coefficient (Wildman–Crippen LogP) is 3.45. The molecule has 0 aliphatic heterocycles. The normalized spacial score (nSPS) is 10.5. The summed E-state index contributed by atoms with van der Waals surface area (Å²) < 4.78 is 10.8. The van der Waals surface area contributed by atoms with Crippen LogP contribution in [-0.4, -0.2) is 44.5 Å². The van der Waals surface area contributed by atoms with Crippen LogP contribution in [0.5, 0.6) is 11.5 Å². The van der Waals surface area contributed by atoms with E-state index in [1.807, 2.05) is 13.0 Å². The predicted molar refractivity (Wildman–Crippen MR) is 106 cm³/mol. The van der Waals surface area contributed by atoms with E-state index in [9.17, 15) is 9.59 Å². The lowest BCUT2D eigenvalue weighted by Crippen LogP contribution is -2.21. The van der Waals surface area contributed by atoms with Crippen LogP contribution in [0.4, 0.5) is 5.69 Å². The molecule has 0 heterocycles. The van der Waals surface area contributed by atoms with Gasteiger partial charge in [0.25, 0.3) is 5.91 Å². The van der Waals surface area contributed by atoms with Crippen molar-refractivity contribution < 1.29 is 19.1 Å². The van der Waals surface area contributed by atoms with Gasteiger partial charge in [0.2, 0.25) is 5.91 Å². The van der Waals surface area contributed by atoms with Crippen molar-refractivity contribution in [2.24, 2.45) is 0 Å². The summed E-state index contributed by atoms with van der Waals surface area (Å²) >= 11 is 0. The maximum Gasteiger partial charge on any atom is 0.253 e. The van der Waals surface area contributed by atoms with E-state index in [0.717, 1.165) is 5.56 Å². The summed E-state index contributed by atoms with van der Waals surface area (Å²) in [5.74, 6) is 0.846. The summed E-state index contributed by atoms with van der Waals surface area (Å²) in [7, 11) is 4.93. The second-order valence-corrected chi connectivity index (χ2v) is 5.95. The molecule has 2 aromatic rings. The highest BCUT2D eigenvalue weighted by Crippen LogP contribution is 2.28. The van der Waals surface area contributed by atoms with Gasteiger partial charge in [-0.2, -0.15) is 0 Å². The van der Waals surface area contributed by atoms with Gasteiger partial charge in [-0.05, 0) is 48.9 Å². The Bertz CT molecular complexity index is 844. The number of hydrogen-bond donors (Lipinski definition) is 1. The van der Waals surface area contributed by atoms with E-state index < -0.39 is 0 Å². The number of carbonyl (C=O) groups excluding carboxylic acids is 2. The molecular formula is C21H24N2O4. The molecule has 0 spiro atoms. The number of anilines is 1. The Balaban J connectivity index is 2.07. The number of methoxy groups -OCH3 is 1. The smallest absolute Gasteiger partial charge is 0.253 e. The van der Waals surface area contributed by atoms with Gasteiger partial charge in [0.15, 0.2) is 11.5 Å². The molecule has 142 valence electrons. The fourth-order valence-electron chi connectivity index (χ4n) is 2.41. The van der Waals surface area contributed by atoms with Crippen molar-refractivity contribution in [1.29, 1.82) is 0 Å². The van der Waals surface area contributed by atoms with Crippen molar-refractivity contribution in [3.63, 3.8) is 0 Å². The molecule has 6 nitrogen and oxygen atoms in total. The van der Waals surface area contributed by atoms with E-state index in [4.69, 9.17) is 9.47 Å². The lowest BCUT2D eigenvalue weighted by atomic mass is 10.1. The minimum absolute atomic E-state index is 0.122. The van der Waals surface area contributed by atoms with Crippen molar-refractivity contribution in [3.05, 3.63) is 59.7 Å². The lowest BCUT2D eigenvalue weighted by molar-refractivity contribution is -0.111. The molecular weight excluding hydrogens is 344 g/mol. The third-order valence-electron chi connectivity index (χ3n) is 3.70. The van der Waals surface area contributed by atoms with Gasteiger partial charge < -0.3 is 19.7 Å². The molecule has 0 bridgehead atoms. The van der Waals surface area contributed by atoms with Gasteiger partial charge >= 0.3 is 0 Å². The molecule has 0 aliphatic carbocycles. The number of rotatable bonds is 7. The summed E-state index contributed by atoms with van der Waals surface area (Å²) in [6.07, 6.45) is 3.11. The van der Waals surface area contributed by atoms with E-state index >= 15 is 0 Å². The molecule has 0 aromatic heterocycles. The van der Waals surface area contributed by atoms with Crippen molar-refractivity contribution in [1.82, 2.24) is 4.90 Å². The van der Waals surface area contributed by atoms with Crippen LogP contribution >= 0.6 is 0 Å². The Morgan fingerprint density at radius 1 is 1.11 bits per heavy atom. The Morgan fingerprint density at radius 2 is 1.89 bits per heavy atom. The fourth-order valence-corrected chi connectivity index (χ4v) is 2.41. The van der Waals surface area contributed by atoms with Crippen LogP contribution in [0.15, 0.2) is 48.5 Å². The van der Waals surface area contributed by atoms with Crippen LogP contribution in [0.1, 0.15) is 22.8 Å². The number of ether oxygens (including phenoxy) is 2. The first-order valence-electron chi connectivity index (χ1n) is 8.56. The van der Waals surface area contributed by atoms with Gasteiger partial charge in [0.1, 0.15) is 0 Å². The number of amides is 2. The lowest BCUT2D eigenvalue weighted by Gasteiger charge is -2.11. The average Bonchev–Trinajstić information content (AvgIpc) is 2.66. The molecule has 2 rings (SSSR count). The molecule has 0 unspecified atom stereocenters. The SMILES string of the molecule is CCOc1ccc(/C=C/C(=O)Nc2cccc(C(=O)N(C)C)c2)cc1OC. The van der Waals surface area contributed by atoms with Crippen LogP contribution < -0.4 is 14.8 Å². The minimum Gasteiger partial charge on any atom is -0.493 e. The number of hydrogen-bond acceptors (Lipinski definition) is 4. The minimum atomic E-state index is -0.294. The molecule has 0 radical (unpaired) electrons. The van der Waals surface area contributed by atoms with E-state index in [-0.39, 0.29) is 11.8 Å². The summed E-state index contributed by atoms with van der Waals surface area (Å²) in [6, 6.07) is 12.3. The second kappa shape index (κ2) is 9.43. The van der Waals surface area contributed by atoms with Gasteiger partial charge in [-0.25, -0.2) is 0 Å². The maximum absolute atomic E-state index is 12.2. The maximum atomic E-state index is 12.2. The summed E-state index contributed by atoms with van der Waals surface area (Å²) in [5.41, 5.74) is 1.88. The van der Waals surface area contributed by atoms with Crippen molar-refractivity contribution in [2.75, 3.05) is 33.1 Å². The van der Waals surface area contributed by atoms with Gasteiger partial charge in [-0.15, -0.1) is 0 Å². The van der Waals surface area contributed by atoms with Crippen LogP contribution in [0.2, 0.25) is 0 Å². The molecule has 6 heteroatoms. The van der Waals surface area contributed by atoms with Crippen molar-refractivity contribution in [3.8, 4) is 11.5 Å². The number of nitrogens with one attached hydrogen (secondary N) is 1. The molecule has 27 heavy (non-hydrogen) atoms.